The second-order valence-corrected chi connectivity index (χ2v) is 16.0. The third-order valence-corrected chi connectivity index (χ3v) is 11.5. The zero-order chi connectivity index (χ0) is 41.9. The van der Waals surface area contributed by atoms with Gasteiger partial charge in [0.15, 0.2) is 0 Å². The number of hydrogen-bond donors (Lipinski definition) is 1. The number of carbonyl (C=O) groups is 5. The van der Waals surface area contributed by atoms with E-state index in [0.717, 1.165) is 123 Å². The zero-order valence-electron chi connectivity index (χ0n) is 37.1. The fraction of sp³-hybridized carbons (Fsp3) is 0.891. The molecule has 57 heavy (non-hydrogen) atoms. The van der Waals surface area contributed by atoms with Crippen LogP contribution in [-0.4, -0.2) is 113 Å². The van der Waals surface area contributed by atoms with Crippen LogP contribution in [0.5, 0.6) is 0 Å². The third-order valence-electron chi connectivity index (χ3n) is 11.5. The monoisotopic (exact) mass is 809 g/mol. The van der Waals surface area contributed by atoms with Crippen molar-refractivity contribution in [2.75, 3.05) is 79.5 Å². The molecule has 4 atom stereocenters. The molecule has 332 valence electrons. The van der Waals surface area contributed by atoms with Gasteiger partial charge >= 0.3 is 0 Å². The molecular weight excluding hydrogens is 725 g/mol. The van der Waals surface area contributed by atoms with Gasteiger partial charge in [-0.15, -0.1) is 0 Å². The maximum absolute atomic E-state index is 13.0. The maximum atomic E-state index is 13.0. The number of methoxy groups -OCH3 is 1. The summed E-state index contributed by atoms with van der Waals surface area (Å²) < 4.78 is 20.7. The van der Waals surface area contributed by atoms with Gasteiger partial charge in [-0.3, -0.25) is 24.0 Å². The Morgan fingerprint density at radius 3 is 1.46 bits per heavy atom. The molecule has 1 N–H and O–H groups in total. The Bertz CT molecular complexity index is 1060. The predicted octanol–water partition coefficient (Wildman–Crippen LogP) is 8.13. The smallest absolute Gasteiger partial charge is 0.224 e. The van der Waals surface area contributed by atoms with Gasteiger partial charge in [-0.2, -0.15) is 0 Å². The topological polar surface area (TPSA) is 138 Å². The fourth-order valence-electron chi connectivity index (χ4n) is 7.74. The van der Waals surface area contributed by atoms with Crippen molar-refractivity contribution in [2.24, 2.45) is 23.7 Å². The number of amides is 1. The molecule has 0 spiro atoms. The molecule has 2 unspecified atom stereocenters. The molecule has 0 bridgehead atoms. The first kappa shape index (κ1) is 53.0. The van der Waals surface area contributed by atoms with Gasteiger partial charge in [-0.1, -0.05) is 53.4 Å². The minimum atomic E-state index is -0.157. The summed E-state index contributed by atoms with van der Waals surface area (Å²) in [6.45, 7) is 16.0. The fourth-order valence-corrected chi connectivity index (χ4v) is 7.74. The first-order chi connectivity index (χ1) is 27.7. The molecular formula is C46H84N2O9. The van der Waals surface area contributed by atoms with E-state index in [4.69, 9.17) is 18.9 Å². The van der Waals surface area contributed by atoms with Crippen LogP contribution in [0.3, 0.4) is 0 Å². The SMILES string of the molecule is C1CCOC1.CCC(=O)CC1CCCCN(C(=O)CCOCCOCCOC)CCCC[C@H](CC)C1=O.CCC(=O)CC1CCCCNCCCC[C@H](CC)C1=O. The summed E-state index contributed by atoms with van der Waals surface area (Å²) in [7, 11) is 1.64. The van der Waals surface area contributed by atoms with Crippen LogP contribution in [0.25, 0.3) is 0 Å². The Morgan fingerprint density at radius 2 is 1.04 bits per heavy atom. The highest BCUT2D eigenvalue weighted by Gasteiger charge is 2.28. The van der Waals surface area contributed by atoms with Crippen LogP contribution in [0.4, 0.5) is 0 Å². The lowest BCUT2D eigenvalue weighted by Gasteiger charge is -2.26. The molecule has 3 aliphatic rings. The van der Waals surface area contributed by atoms with Crippen molar-refractivity contribution in [2.45, 2.75) is 163 Å². The Balaban J connectivity index is 0.000000546. The van der Waals surface area contributed by atoms with Crippen LogP contribution < -0.4 is 5.32 Å². The van der Waals surface area contributed by atoms with Crippen LogP contribution >= 0.6 is 0 Å². The summed E-state index contributed by atoms with van der Waals surface area (Å²) >= 11 is 0. The third kappa shape index (κ3) is 25.9. The molecule has 11 nitrogen and oxygen atoms in total. The molecule has 3 rings (SSSR count). The largest absolute Gasteiger partial charge is 0.382 e. The summed E-state index contributed by atoms with van der Waals surface area (Å²) in [5, 5.41) is 3.46. The van der Waals surface area contributed by atoms with Crippen LogP contribution in [0.15, 0.2) is 0 Å². The molecule has 0 aliphatic carbocycles. The predicted molar refractivity (Wildman–Crippen MR) is 227 cm³/mol. The highest BCUT2D eigenvalue weighted by molar-refractivity contribution is 5.90. The number of nitrogens with zero attached hydrogens (tertiary/aromatic N) is 1. The number of hydrogen-bond acceptors (Lipinski definition) is 10. The molecule has 0 aromatic heterocycles. The van der Waals surface area contributed by atoms with Gasteiger partial charge in [0.05, 0.1) is 39.5 Å². The quantitative estimate of drug-likeness (QED) is 0.144. The molecule has 0 aromatic carbocycles. The van der Waals surface area contributed by atoms with Crippen molar-refractivity contribution < 1.29 is 42.9 Å². The second-order valence-electron chi connectivity index (χ2n) is 16.0. The average Bonchev–Trinajstić information content (AvgIpc) is 3.82. The molecule has 11 heteroatoms. The molecule has 3 aliphatic heterocycles. The van der Waals surface area contributed by atoms with E-state index in [2.05, 4.69) is 19.2 Å². The number of ether oxygens (including phenoxy) is 4. The van der Waals surface area contributed by atoms with Crippen molar-refractivity contribution in [1.29, 1.82) is 0 Å². The van der Waals surface area contributed by atoms with E-state index >= 15 is 0 Å². The standard InChI is InChI=1S/C25H45NO6.C17H31NO2.C4H8O/c1-4-21-10-6-8-13-26(24(28)12-15-31-18-19-32-17-16-30-3)14-9-7-11-22(25(21)29)20-23(27)5-2;1-3-14-9-5-7-11-18-12-8-6-10-15(17(14)20)13-16(19)4-2;1-2-4-5-3-1/h21-22H,4-20H2,1-3H3;14-15,18H,3-13H2,1-2H3;1-4H2/t21-,22?;14-,15?;/m00./s1. The Hall–Kier alpha value is -2.05. The number of Topliss-reactive ketones (excluding diaryl/α,β-unsaturated/α-hetero) is 4. The van der Waals surface area contributed by atoms with E-state index in [0.29, 0.717) is 77.5 Å². The van der Waals surface area contributed by atoms with Gasteiger partial charge in [-0.25, -0.2) is 0 Å². The summed E-state index contributed by atoms with van der Waals surface area (Å²) in [4.78, 5) is 64.1. The Morgan fingerprint density at radius 1 is 0.596 bits per heavy atom. The van der Waals surface area contributed by atoms with E-state index in [9.17, 15) is 24.0 Å². The van der Waals surface area contributed by atoms with E-state index in [1.54, 1.807) is 7.11 Å². The Labute approximate surface area is 347 Å². The summed E-state index contributed by atoms with van der Waals surface area (Å²) in [6.07, 6.45) is 18.0. The van der Waals surface area contributed by atoms with E-state index in [-0.39, 0.29) is 46.9 Å². The van der Waals surface area contributed by atoms with Crippen molar-refractivity contribution in [3.05, 3.63) is 0 Å². The molecule has 0 aromatic rings. The highest BCUT2D eigenvalue weighted by Crippen LogP contribution is 2.27. The molecule has 3 fully saturated rings. The second kappa shape index (κ2) is 35.9. The van der Waals surface area contributed by atoms with Crippen molar-refractivity contribution >= 4 is 29.0 Å². The van der Waals surface area contributed by atoms with Crippen molar-refractivity contribution in [3.63, 3.8) is 0 Å². The average molecular weight is 809 g/mol. The number of carbonyl (C=O) groups excluding carboxylic acids is 5. The lowest BCUT2D eigenvalue weighted by atomic mass is 9.81. The molecule has 0 saturated carbocycles. The normalized spacial score (nSPS) is 23.3. The lowest BCUT2D eigenvalue weighted by Crippen LogP contribution is -2.34. The zero-order valence-corrected chi connectivity index (χ0v) is 37.1. The van der Waals surface area contributed by atoms with Crippen LogP contribution in [-0.2, 0) is 42.9 Å². The number of rotatable bonds is 17. The van der Waals surface area contributed by atoms with Crippen LogP contribution in [0.1, 0.15) is 163 Å². The van der Waals surface area contributed by atoms with Crippen molar-refractivity contribution in [1.82, 2.24) is 10.2 Å². The van der Waals surface area contributed by atoms with Gasteiger partial charge in [0.1, 0.15) is 23.1 Å². The molecule has 3 saturated heterocycles. The molecule has 1 amide bonds. The summed E-state index contributed by atoms with van der Waals surface area (Å²) in [5.41, 5.74) is 0. The first-order valence-electron chi connectivity index (χ1n) is 23.0. The Kier molecular flexibility index (Phi) is 33.3. The summed E-state index contributed by atoms with van der Waals surface area (Å²) in [5.74, 6) is 1.21. The number of ketones is 4. The van der Waals surface area contributed by atoms with E-state index in [1.807, 2.05) is 18.7 Å². The minimum absolute atomic E-state index is 0.0215. The summed E-state index contributed by atoms with van der Waals surface area (Å²) in [6, 6.07) is 0. The van der Waals surface area contributed by atoms with Crippen LogP contribution in [0, 0.1) is 23.7 Å². The minimum Gasteiger partial charge on any atom is -0.382 e. The van der Waals surface area contributed by atoms with Gasteiger partial charge in [0.25, 0.3) is 0 Å². The number of nitrogens with one attached hydrogen (secondary N) is 1. The van der Waals surface area contributed by atoms with Gasteiger partial charge in [0, 0.05) is 82.8 Å². The molecule has 3 heterocycles. The highest BCUT2D eigenvalue weighted by atomic mass is 16.5. The van der Waals surface area contributed by atoms with Crippen LogP contribution in [0.2, 0.25) is 0 Å². The van der Waals surface area contributed by atoms with Gasteiger partial charge < -0.3 is 29.2 Å². The lowest BCUT2D eigenvalue weighted by molar-refractivity contribution is -0.133. The van der Waals surface area contributed by atoms with Crippen molar-refractivity contribution in [3.8, 4) is 0 Å². The van der Waals surface area contributed by atoms with Gasteiger partial charge in [-0.05, 0) is 90.1 Å². The first-order valence-corrected chi connectivity index (χ1v) is 23.0. The maximum Gasteiger partial charge on any atom is 0.224 e. The molecule has 0 radical (unpaired) electrons. The van der Waals surface area contributed by atoms with Gasteiger partial charge in [0.2, 0.25) is 5.91 Å². The van der Waals surface area contributed by atoms with E-state index < -0.39 is 0 Å². The van der Waals surface area contributed by atoms with E-state index in [1.165, 1.54) is 12.8 Å².